The van der Waals surface area contributed by atoms with Gasteiger partial charge in [-0.15, -0.1) is 11.3 Å². The normalized spacial score (nSPS) is 19.8. The summed E-state index contributed by atoms with van der Waals surface area (Å²) in [7, 11) is 0. The number of likely N-dealkylation sites (tertiary alicyclic amines) is 1. The average Bonchev–Trinajstić information content (AvgIpc) is 3.05. The number of nitrogens with one attached hydrogen (secondary N) is 1. The molecule has 106 valence electrons. The van der Waals surface area contributed by atoms with Crippen molar-refractivity contribution in [1.82, 2.24) is 15.2 Å². The van der Waals surface area contributed by atoms with E-state index in [1.165, 1.54) is 17.8 Å². The largest absolute Gasteiger partial charge is 0.350 e. The van der Waals surface area contributed by atoms with Gasteiger partial charge in [0.05, 0.1) is 5.01 Å². The van der Waals surface area contributed by atoms with Crippen LogP contribution in [0, 0.1) is 5.92 Å². The van der Waals surface area contributed by atoms with Crippen LogP contribution in [0.5, 0.6) is 0 Å². The van der Waals surface area contributed by atoms with Crippen LogP contribution in [0.2, 0.25) is 0 Å². The molecule has 1 atom stereocenters. The fourth-order valence-electron chi connectivity index (χ4n) is 2.35. The number of nitrogens with zero attached hydrogens (tertiary/aromatic N) is 2. The van der Waals surface area contributed by atoms with Crippen molar-refractivity contribution in [3.8, 4) is 0 Å². The molecule has 1 aliphatic rings. The lowest BCUT2D eigenvalue weighted by atomic mass is 10.1. The first-order chi connectivity index (χ1) is 9.22. The molecule has 1 aromatic heterocycles. The number of aromatic nitrogens is 1. The molecule has 1 aromatic rings. The van der Waals surface area contributed by atoms with E-state index in [9.17, 15) is 4.79 Å². The Bertz CT molecular complexity index is 421. The molecule has 19 heavy (non-hydrogen) atoms. The van der Waals surface area contributed by atoms with E-state index >= 15 is 0 Å². The van der Waals surface area contributed by atoms with Crippen LogP contribution in [0.1, 0.15) is 28.8 Å². The van der Waals surface area contributed by atoms with Gasteiger partial charge >= 0.3 is 0 Å². The van der Waals surface area contributed by atoms with Crippen LogP contribution >= 0.6 is 11.3 Å². The van der Waals surface area contributed by atoms with Gasteiger partial charge in [0, 0.05) is 24.9 Å². The van der Waals surface area contributed by atoms with Crippen LogP contribution in [-0.4, -0.2) is 48.5 Å². The summed E-state index contributed by atoms with van der Waals surface area (Å²) in [5, 5.41) is 5.74. The van der Waals surface area contributed by atoms with Gasteiger partial charge in [-0.3, -0.25) is 4.79 Å². The SMILES string of the molecule is CCN1CCC(CNC(=O)c2csc(CCN)n2)C1. The predicted molar refractivity (Wildman–Crippen MR) is 77.4 cm³/mol. The molecule has 2 rings (SSSR count). The van der Waals surface area contributed by atoms with Crippen LogP contribution in [-0.2, 0) is 6.42 Å². The summed E-state index contributed by atoms with van der Waals surface area (Å²) in [6.45, 7) is 6.83. The van der Waals surface area contributed by atoms with Crippen molar-refractivity contribution >= 4 is 17.2 Å². The van der Waals surface area contributed by atoms with Crippen molar-refractivity contribution in [2.45, 2.75) is 19.8 Å². The lowest BCUT2D eigenvalue weighted by Gasteiger charge is -2.13. The zero-order valence-electron chi connectivity index (χ0n) is 11.4. The van der Waals surface area contributed by atoms with Crippen molar-refractivity contribution in [2.75, 3.05) is 32.7 Å². The Hall–Kier alpha value is -0.980. The third kappa shape index (κ3) is 3.99. The van der Waals surface area contributed by atoms with E-state index < -0.39 is 0 Å². The van der Waals surface area contributed by atoms with Crippen LogP contribution in [0.25, 0.3) is 0 Å². The topological polar surface area (TPSA) is 71.2 Å². The van der Waals surface area contributed by atoms with Crippen LogP contribution in [0.4, 0.5) is 0 Å². The molecule has 0 aliphatic carbocycles. The Kier molecular flexibility index (Phi) is 5.30. The molecule has 0 radical (unpaired) electrons. The molecule has 0 aromatic carbocycles. The summed E-state index contributed by atoms with van der Waals surface area (Å²) in [6.07, 6.45) is 1.91. The van der Waals surface area contributed by atoms with Gasteiger partial charge in [0.1, 0.15) is 5.69 Å². The van der Waals surface area contributed by atoms with E-state index in [2.05, 4.69) is 22.1 Å². The number of amides is 1. The van der Waals surface area contributed by atoms with Crippen molar-refractivity contribution < 1.29 is 4.79 Å². The van der Waals surface area contributed by atoms with E-state index in [0.717, 1.165) is 37.6 Å². The molecule has 1 amide bonds. The molecule has 0 saturated carbocycles. The first kappa shape index (κ1) is 14.4. The molecule has 3 N–H and O–H groups in total. The Balaban J connectivity index is 1.77. The highest BCUT2D eigenvalue weighted by Gasteiger charge is 2.22. The fourth-order valence-corrected chi connectivity index (χ4v) is 3.14. The number of carbonyl (C=O) groups excluding carboxylic acids is 1. The smallest absolute Gasteiger partial charge is 0.270 e. The van der Waals surface area contributed by atoms with Crippen LogP contribution in [0.15, 0.2) is 5.38 Å². The summed E-state index contributed by atoms with van der Waals surface area (Å²) in [6, 6.07) is 0. The zero-order chi connectivity index (χ0) is 13.7. The summed E-state index contributed by atoms with van der Waals surface area (Å²) in [5.41, 5.74) is 6.00. The molecular weight excluding hydrogens is 260 g/mol. The summed E-state index contributed by atoms with van der Waals surface area (Å²) in [4.78, 5) is 18.7. The van der Waals surface area contributed by atoms with Gasteiger partial charge in [-0.05, 0) is 32.0 Å². The first-order valence-electron chi connectivity index (χ1n) is 6.88. The van der Waals surface area contributed by atoms with E-state index in [0.29, 0.717) is 18.2 Å². The van der Waals surface area contributed by atoms with Gasteiger partial charge in [0.15, 0.2) is 0 Å². The van der Waals surface area contributed by atoms with Crippen LogP contribution in [0.3, 0.4) is 0 Å². The number of thiazole rings is 1. The highest BCUT2D eigenvalue weighted by atomic mass is 32.1. The number of carbonyl (C=O) groups is 1. The molecule has 1 fully saturated rings. The van der Waals surface area contributed by atoms with E-state index in [1.54, 1.807) is 0 Å². The second-order valence-corrected chi connectivity index (χ2v) is 5.87. The third-order valence-electron chi connectivity index (χ3n) is 3.51. The minimum absolute atomic E-state index is 0.0607. The van der Waals surface area contributed by atoms with Crippen molar-refractivity contribution in [2.24, 2.45) is 11.7 Å². The predicted octanol–water partition coefficient (Wildman–Crippen LogP) is 0.716. The van der Waals surface area contributed by atoms with Gasteiger partial charge < -0.3 is 16.0 Å². The van der Waals surface area contributed by atoms with Crippen LogP contribution < -0.4 is 11.1 Å². The Labute approximate surface area is 118 Å². The molecule has 0 spiro atoms. The summed E-state index contributed by atoms with van der Waals surface area (Å²) >= 11 is 1.50. The second kappa shape index (κ2) is 6.98. The van der Waals surface area contributed by atoms with E-state index in [1.807, 2.05) is 5.38 Å². The first-order valence-corrected chi connectivity index (χ1v) is 7.76. The minimum Gasteiger partial charge on any atom is -0.350 e. The Morgan fingerprint density at radius 1 is 1.68 bits per heavy atom. The average molecular weight is 282 g/mol. The maximum absolute atomic E-state index is 12.0. The minimum atomic E-state index is -0.0607. The van der Waals surface area contributed by atoms with Crippen molar-refractivity contribution in [3.05, 3.63) is 16.1 Å². The number of hydrogen-bond acceptors (Lipinski definition) is 5. The van der Waals surface area contributed by atoms with Gasteiger partial charge in [-0.25, -0.2) is 4.98 Å². The van der Waals surface area contributed by atoms with Crippen molar-refractivity contribution in [1.29, 1.82) is 0 Å². The molecule has 0 bridgehead atoms. The van der Waals surface area contributed by atoms with Gasteiger partial charge in [-0.2, -0.15) is 0 Å². The molecular formula is C13H22N4OS. The Morgan fingerprint density at radius 3 is 3.21 bits per heavy atom. The standard InChI is InChI=1S/C13H22N4OS/c1-2-17-6-4-10(8-17)7-15-13(18)11-9-19-12(16-11)3-5-14/h9-10H,2-8,14H2,1H3,(H,15,18). The highest BCUT2D eigenvalue weighted by molar-refractivity contribution is 7.09. The number of nitrogens with two attached hydrogens (primary N) is 1. The molecule has 2 heterocycles. The maximum atomic E-state index is 12.0. The number of rotatable bonds is 6. The zero-order valence-corrected chi connectivity index (χ0v) is 12.2. The van der Waals surface area contributed by atoms with Gasteiger partial charge in [0.25, 0.3) is 5.91 Å². The second-order valence-electron chi connectivity index (χ2n) is 4.92. The van der Waals surface area contributed by atoms with E-state index in [-0.39, 0.29) is 5.91 Å². The lowest BCUT2D eigenvalue weighted by Crippen LogP contribution is -2.31. The Morgan fingerprint density at radius 2 is 2.53 bits per heavy atom. The quantitative estimate of drug-likeness (QED) is 0.806. The molecule has 5 nitrogen and oxygen atoms in total. The highest BCUT2D eigenvalue weighted by Crippen LogP contribution is 2.15. The molecule has 1 unspecified atom stereocenters. The maximum Gasteiger partial charge on any atom is 0.270 e. The lowest BCUT2D eigenvalue weighted by molar-refractivity contribution is 0.0943. The molecule has 1 aliphatic heterocycles. The van der Waals surface area contributed by atoms with Gasteiger partial charge in [-0.1, -0.05) is 6.92 Å². The fraction of sp³-hybridized carbons (Fsp3) is 0.692. The third-order valence-corrected chi connectivity index (χ3v) is 4.42. The monoisotopic (exact) mass is 282 g/mol. The van der Waals surface area contributed by atoms with Crippen molar-refractivity contribution in [3.63, 3.8) is 0 Å². The number of hydrogen-bond donors (Lipinski definition) is 2. The summed E-state index contributed by atoms with van der Waals surface area (Å²) in [5.74, 6) is 0.514. The summed E-state index contributed by atoms with van der Waals surface area (Å²) < 4.78 is 0. The molecule has 6 heteroatoms. The molecule has 1 saturated heterocycles. The van der Waals surface area contributed by atoms with E-state index in [4.69, 9.17) is 5.73 Å². The van der Waals surface area contributed by atoms with Gasteiger partial charge in [0.2, 0.25) is 0 Å².